The van der Waals surface area contributed by atoms with Crippen LogP contribution in [0.2, 0.25) is 0 Å². The summed E-state index contributed by atoms with van der Waals surface area (Å²) >= 11 is 1.49. The van der Waals surface area contributed by atoms with Gasteiger partial charge in [-0.05, 0) is 19.9 Å². The minimum atomic E-state index is -1.09. The van der Waals surface area contributed by atoms with Crippen LogP contribution in [0.1, 0.15) is 22.0 Å². The van der Waals surface area contributed by atoms with Crippen molar-refractivity contribution in [3.63, 3.8) is 0 Å². The number of thiazole rings is 1. The number of carboxylic acid groups (broad SMARTS) is 1. The molecule has 0 bridgehead atoms. The highest BCUT2D eigenvalue weighted by atomic mass is 32.1. The molecule has 0 aliphatic carbocycles. The summed E-state index contributed by atoms with van der Waals surface area (Å²) < 4.78 is 0. The standard InChI is InChI=1S/C11H18N4O5S/c1-7-8(4-6-20-15(18)19)21-9(14-7)3-2-5-13-10(12)11(16)17/h10,13H,2-6,12H2,1H3,(H,16,17). The lowest BCUT2D eigenvalue weighted by Gasteiger charge is -2.07. The van der Waals surface area contributed by atoms with Gasteiger partial charge in [0, 0.05) is 17.7 Å². The summed E-state index contributed by atoms with van der Waals surface area (Å²) in [5.74, 6) is -1.09. The maximum atomic E-state index is 10.5. The number of aromatic nitrogens is 1. The van der Waals surface area contributed by atoms with Crippen molar-refractivity contribution in [2.75, 3.05) is 13.2 Å². The van der Waals surface area contributed by atoms with Crippen LogP contribution >= 0.6 is 11.3 Å². The largest absolute Gasteiger partial charge is 0.479 e. The third-order valence-corrected chi connectivity index (χ3v) is 3.94. The number of nitrogens with zero attached hydrogens (tertiary/aromatic N) is 2. The molecule has 1 aromatic rings. The van der Waals surface area contributed by atoms with E-state index in [4.69, 9.17) is 10.8 Å². The zero-order valence-electron chi connectivity index (χ0n) is 11.6. The highest BCUT2D eigenvalue weighted by molar-refractivity contribution is 7.11. The lowest BCUT2D eigenvalue weighted by Crippen LogP contribution is -2.44. The van der Waals surface area contributed by atoms with Gasteiger partial charge in [-0.15, -0.1) is 21.5 Å². The fourth-order valence-corrected chi connectivity index (χ4v) is 2.72. The first-order valence-corrected chi connectivity index (χ1v) is 7.16. The summed E-state index contributed by atoms with van der Waals surface area (Å²) in [6.45, 7) is 2.34. The lowest BCUT2D eigenvalue weighted by molar-refractivity contribution is -0.757. The van der Waals surface area contributed by atoms with E-state index in [0.29, 0.717) is 25.8 Å². The first kappa shape index (κ1) is 17.3. The van der Waals surface area contributed by atoms with Gasteiger partial charge >= 0.3 is 5.97 Å². The van der Waals surface area contributed by atoms with E-state index >= 15 is 0 Å². The molecular weight excluding hydrogens is 300 g/mol. The maximum Gasteiger partial charge on any atom is 0.335 e. The van der Waals surface area contributed by atoms with Crippen LogP contribution in [0, 0.1) is 17.0 Å². The van der Waals surface area contributed by atoms with E-state index in [2.05, 4.69) is 15.1 Å². The number of hydrogen-bond acceptors (Lipinski definition) is 8. The van der Waals surface area contributed by atoms with Crippen molar-refractivity contribution < 1.29 is 19.8 Å². The number of nitrogens with two attached hydrogens (primary N) is 1. The number of carbonyl (C=O) groups is 1. The second-order valence-corrected chi connectivity index (χ2v) is 5.46. The van der Waals surface area contributed by atoms with Crippen LogP contribution in [0.4, 0.5) is 0 Å². The number of aliphatic carboxylic acids is 1. The van der Waals surface area contributed by atoms with Crippen molar-refractivity contribution in [3.8, 4) is 0 Å². The van der Waals surface area contributed by atoms with Gasteiger partial charge in [0.15, 0.2) is 6.17 Å². The van der Waals surface area contributed by atoms with E-state index in [1.807, 2.05) is 6.92 Å². The summed E-state index contributed by atoms with van der Waals surface area (Å²) in [4.78, 5) is 30.2. The predicted octanol–water partition coefficient (Wildman–Crippen LogP) is 0.0939. The van der Waals surface area contributed by atoms with Crippen molar-refractivity contribution >= 4 is 17.3 Å². The quantitative estimate of drug-likeness (QED) is 0.239. The van der Waals surface area contributed by atoms with Crippen LogP contribution in [-0.2, 0) is 22.5 Å². The van der Waals surface area contributed by atoms with Crippen LogP contribution in [-0.4, -0.2) is 40.5 Å². The second kappa shape index (κ2) is 8.49. The van der Waals surface area contributed by atoms with Crippen LogP contribution in [0.25, 0.3) is 0 Å². The molecule has 0 amide bonds. The van der Waals surface area contributed by atoms with Crippen molar-refractivity contribution in [2.45, 2.75) is 32.4 Å². The average molecular weight is 318 g/mol. The van der Waals surface area contributed by atoms with Crippen molar-refractivity contribution in [1.82, 2.24) is 10.3 Å². The molecule has 0 fully saturated rings. The minimum Gasteiger partial charge on any atom is -0.479 e. The van der Waals surface area contributed by atoms with E-state index in [9.17, 15) is 14.9 Å². The van der Waals surface area contributed by atoms with Gasteiger partial charge in [0.1, 0.15) is 6.61 Å². The van der Waals surface area contributed by atoms with Gasteiger partial charge in [-0.2, -0.15) is 0 Å². The van der Waals surface area contributed by atoms with Crippen molar-refractivity contribution in [2.24, 2.45) is 5.73 Å². The lowest BCUT2D eigenvalue weighted by atomic mass is 10.3. The molecule has 0 saturated heterocycles. The second-order valence-electron chi connectivity index (χ2n) is 4.30. The molecule has 0 radical (unpaired) electrons. The normalized spacial score (nSPS) is 12.1. The average Bonchev–Trinajstić information content (AvgIpc) is 2.74. The van der Waals surface area contributed by atoms with Gasteiger partial charge in [0.25, 0.3) is 5.09 Å². The Kier molecular flexibility index (Phi) is 6.99. The van der Waals surface area contributed by atoms with Gasteiger partial charge < -0.3 is 15.7 Å². The Bertz CT molecular complexity index is 493. The van der Waals surface area contributed by atoms with E-state index in [1.54, 1.807) is 0 Å². The molecule has 0 aliphatic heterocycles. The fourth-order valence-electron chi connectivity index (χ4n) is 1.62. The molecule has 1 heterocycles. The molecule has 4 N–H and O–H groups in total. The SMILES string of the molecule is Cc1nc(CCCNC(N)C(=O)O)sc1CCO[N+](=O)[O-]. The molecule has 0 spiro atoms. The van der Waals surface area contributed by atoms with E-state index in [0.717, 1.165) is 15.6 Å². The van der Waals surface area contributed by atoms with Gasteiger partial charge in [0.05, 0.1) is 10.7 Å². The number of nitrogens with one attached hydrogen (secondary N) is 1. The van der Waals surface area contributed by atoms with E-state index in [-0.39, 0.29) is 6.61 Å². The number of aryl methyl sites for hydroxylation is 2. The highest BCUT2D eigenvalue weighted by Gasteiger charge is 2.11. The Morgan fingerprint density at radius 3 is 2.95 bits per heavy atom. The molecule has 9 nitrogen and oxygen atoms in total. The van der Waals surface area contributed by atoms with Crippen molar-refractivity contribution in [1.29, 1.82) is 0 Å². The predicted molar refractivity (Wildman–Crippen MR) is 75.4 cm³/mol. The van der Waals surface area contributed by atoms with Crippen LogP contribution in [0.3, 0.4) is 0 Å². The fraction of sp³-hybridized carbons (Fsp3) is 0.636. The molecule has 10 heteroatoms. The number of carboxylic acids is 1. The Hall–Kier alpha value is -1.78. The summed E-state index contributed by atoms with van der Waals surface area (Å²) in [5, 5.41) is 21.5. The van der Waals surface area contributed by atoms with Gasteiger partial charge in [0.2, 0.25) is 0 Å². The first-order chi connectivity index (χ1) is 9.90. The zero-order valence-corrected chi connectivity index (χ0v) is 12.4. The molecular formula is C11H18N4O5S. The topological polar surface area (TPSA) is 141 Å². The molecule has 1 aromatic heterocycles. The maximum absolute atomic E-state index is 10.5. The Labute approximate surface area is 125 Å². The molecule has 1 unspecified atom stereocenters. The van der Waals surface area contributed by atoms with E-state index < -0.39 is 17.2 Å². The van der Waals surface area contributed by atoms with Gasteiger partial charge in [-0.3, -0.25) is 5.32 Å². The zero-order chi connectivity index (χ0) is 15.8. The molecule has 118 valence electrons. The van der Waals surface area contributed by atoms with Crippen LogP contribution in [0.5, 0.6) is 0 Å². The highest BCUT2D eigenvalue weighted by Crippen LogP contribution is 2.19. The minimum absolute atomic E-state index is 0.0183. The summed E-state index contributed by atoms with van der Waals surface area (Å²) in [7, 11) is 0. The van der Waals surface area contributed by atoms with Crippen molar-refractivity contribution in [3.05, 3.63) is 25.7 Å². The summed E-state index contributed by atoms with van der Waals surface area (Å²) in [6, 6.07) is 0. The third-order valence-electron chi connectivity index (χ3n) is 2.66. The Morgan fingerprint density at radius 2 is 2.33 bits per heavy atom. The third kappa shape index (κ3) is 6.47. The first-order valence-electron chi connectivity index (χ1n) is 6.34. The number of rotatable bonds is 10. The number of hydrogen-bond donors (Lipinski definition) is 3. The molecule has 1 atom stereocenters. The Morgan fingerprint density at radius 1 is 1.62 bits per heavy atom. The van der Waals surface area contributed by atoms with Crippen LogP contribution < -0.4 is 11.1 Å². The molecule has 0 aliphatic rings. The molecule has 1 rings (SSSR count). The summed E-state index contributed by atoms with van der Waals surface area (Å²) in [5.41, 5.74) is 6.16. The molecule has 21 heavy (non-hydrogen) atoms. The van der Waals surface area contributed by atoms with Gasteiger partial charge in [-0.25, -0.2) is 9.78 Å². The van der Waals surface area contributed by atoms with Crippen LogP contribution in [0.15, 0.2) is 0 Å². The Balaban J connectivity index is 2.33. The smallest absolute Gasteiger partial charge is 0.335 e. The molecule has 0 aromatic carbocycles. The van der Waals surface area contributed by atoms with Gasteiger partial charge in [-0.1, -0.05) is 0 Å². The molecule has 0 saturated carbocycles. The van der Waals surface area contributed by atoms with E-state index in [1.165, 1.54) is 11.3 Å². The monoisotopic (exact) mass is 318 g/mol. The summed E-state index contributed by atoms with van der Waals surface area (Å²) in [6.07, 6.45) is 0.796.